The molecule has 2 nitrogen and oxygen atoms in total. The summed E-state index contributed by atoms with van der Waals surface area (Å²) in [5, 5.41) is 3.18. The van der Waals surface area contributed by atoms with Crippen molar-refractivity contribution in [2.24, 2.45) is 11.8 Å². The van der Waals surface area contributed by atoms with Gasteiger partial charge in [0.15, 0.2) is 0 Å². The highest BCUT2D eigenvalue weighted by molar-refractivity contribution is 5.94. The monoisotopic (exact) mass is 275 g/mol. The van der Waals surface area contributed by atoms with E-state index >= 15 is 0 Å². The minimum absolute atomic E-state index is 0.0492. The third kappa shape index (κ3) is 6.23. The molecule has 20 heavy (non-hydrogen) atoms. The van der Waals surface area contributed by atoms with Crippen molar-refractivity contribution in [3.05, 3.63) is 35.9 Å². The molecule has 0 unspecified atom stereocenters. The second-order valence-corrected chi connectivity index (χ2v) is 6.37. The van der Waals surface area contributed by atoms with Crippen LogP contribution in [0.2, 0.25) is 0 Å². The third-order valence-electron chi connectivity index (χ3n) is 3.70. The smallest absolute Gasteiger partial charge is 0.251 e. The van der Waals surface area contributed by atoms with Gasteiger partial charge in [0, 0.05) is 11.6 Å². The lowest BCUT2D eigenvalue weighted by Crippen LogP contribution is -2.38. The number of unbranched alkanes of at least 4 members (excludes halogenated alkanes) is 1. The molecule has 1 N–H and O–H groups in total. The van der Waals surface area contributed by atoms with Crippen LogP contribution in [-0.4, -0.2) is 11.9 Å². The summed E-state index contributed by atoms with van der Waals surface area (Å²) in [7, 11) is 0. The Morgan fingerprint density at radius 3 is 2.15 bits per heavy atom. The van der Waals surface area contributed by atoms with Crippen molar-refractivity contribution in [1.82, 2.24) is 5.32 Å². The average molecular weight is 275 g/mol. The summed E-state index contributed by atoms with van der Waals surface area (Å²) < 4.78 is 0. The Morgan fingerprint density at radius 2 is 1.60 bits per heavy atom. The molecule has 0 saturated carbocycles. The highest BCUT2D eigenvalue weighted by Gasteiger charge is 2.16. The summed E-state index contributed by atoms with van der Waals surface area (Å²) in [5.41, 5.74) is 0.750. The molecule has 1 amide bonds. The van der Waals surface area contributed by atoms with E-state index in [9.17, 15) is 4.79 Å². The Bertz CT molecular complexity index is 384. The third-order valence-corrected chi connectivity index (χ3v) is 3.70. The van der Waals surface area contributed by atoms with Gasteiger partial charge in [0.05, 0.1) is 0 Å². The molecule has 1 atom stereocenters. The van der Waals surface area contributed by atoms with Crippen LogP contribution >= 0.6 is 0 Å². The van der Waals surface area contributed by atoms with Gasteiger partial charge >= 0.3 is 0 Å². The minimum Gasteiger partial charge on any atom is -0.349 e. The van der Waals surface area contributed by atoms with Crippen molar-refractivity contribution in [3.63, 3.8) is 0 Å². The van der Waals surface area contributed by atoms with Gasteiger partial charge in [-0.05, 0) is 30.4 Å². The SMILES string of the molecule is CC(C)CCCC[C@H](NC(=O)c1ccccc1)C(C)C. The van der Waals surface area contributed by atoms with Gasteiger partial charge in [0.1, 0.15) is 0 Å². The molecule has 0 aliphatic rings. The molecule has 112 valence electrons. The second-order valence-electron chi connectivity index (χ2n) is 6.37. The molecular weight excluding hydrogens is 246 g/mol. The van der Waals surface area contributed by atoms with E-state index in [2.05, 4.69) is 33.0 Å². The summed E-state index contributed by atoms with van der Waals surface area (Å²) >= 11 is 0. The van der Waals surface area contributed by atoms with Crippen LogP contribution in [0.4, 0.5) is 0 Å². The summed E-state index contributed by atoms with van der Waals surface area (Å²) in [4.78, 5) is 12.2. The Labute approximate surface area is 124 Å². The number of hydrogen-bond acceptors (Lipinski definition) is 1. The Hall–Kier alpha value is -1.31. The molecular formula is C18H29NO. The van der Waals surface area contributed by atoms with Crippen LogP contribution in [0.5, 0.6) is 0 Å². The first-order valence-electron chi connectivity index (χ1n) is 7.86. The molecule has 0 aliphatic carbocycles. The topological polar surface area (TPSA) is 29.1 Å². The quantitative estimate of drug-likeness (QED) is 0.687. The maximum absolute atomic E-state index is 12.2. The Balaban J connectivity index is 2.44. The van der Waals surface area contributed by atoms with Crippen LogP contribution in [0.1, 0.15) is 63.7 Å². The summed E-state index contributed by atoms with van der Waals surface area (Å²) in [6, 6.07) is 9.75. The van der Waals surface area contributed by atoms with E-state index in [-0.39, 0.29) is 11.9 Å². The summed E-state index contributed by atoms with van der Waals surface area (Å²) in [6.07, 6.45) is 4.79. The molecule has 0 aliphatic heterocycles. The molecule has 1 aromatic carbocycles. The van der Waals surface area contributed by atoms with Crippen molar-refractivity contribution in [2.75, 3.05) is 0 Å². The lowest BCUT2D eigenvalue weighted by Gasteiger charge is -2.22. The number of carbonyl (C=O) groups excluding carboxylic acids is 1. The van der Waals surface area contributed by atoms with Gasteiger partial charge < -0.3 is 5.32 Å². The fraction of sp³-hybridized carbons (Fsp3) is 0.611. The molecule has 0 fully saturated rings. The fourth-order valence-electron chi connectivity index (χ4n) is 2.33. The predicted octanol–water partition coefficient (Wildman–Crippen LogP) is 4.66. The maximum atomic E-state index is 12.2. The van der Waals surface area contributed by atoms with E-state index in [4.69, 9.17) is 0 Å². The molecule has 0 spiro atoms. The highest BCUT2D eigenvalue weighted by atomic mass is 16.1. The normalized spacial score (nSPS) is 12.7. The summed E-state index contributed by atoms with van der Waals surface area (Å²) in [5.74, 6) is 1.29. The second kappa shape index (κ2) is 8.78. The van der Waals surface area contributed by atoms with Crippen molar-refractivity contribution in [1.29, 1.82) is 0 Å². The van der Waals surface area contributed by atoms with E-state index in [0.29, 0.717) is 5.92 Å². The van der Waals surface area contributed by atoms with Crippen LogP contribution < -0.4 is 5.32 Å². The lowest BCUT2D eigenvalue weighted by molar-refractivity contribution is 0.0922. The number of amides is 1. The van der Waals surface area contributed by atoms with Gasteiger partial charge in [-0.15, -0.1) is 0 Å². The number of hydrogen-bond donors (Lipinski definition) is 1. The molecule has 0 radical (unpaired) electrons. The van der Waals surface area contributed by atoms with E-state index in [1.807, 2.05) is 30.3 Å². The molecule has 0 heterocycles. The van der Waals surface area contributed by atoms with Crippen LogP contribution in [-0.2, 0) is 0 Å². The standard InChI is InChI=1S/C18H29NO/c1-14(2)10-8-9-13-17(15(3)4)19-18(20)16-11-6-5-7-12-16/h5-7,11-12,14-15,17H,8-10,13H2,1-4H3,(H,19,20)/t17-/m0/s1. The fourth-order valence-corrected chi connectivity index (χ4v) is 2.33. The Morgan fingerprint density at radius 1 is 1.00 bits per heavy atom. The number of benzene rings is 1. The average Bonchev–Trinajstić information content (AvgIpc) is 2.42. The van der Waals surface area contributed by atoms with Gasteiger partial charge in [-0.3, -0.25) is 4.79 Å². The van der Waals surface area contributed by atoms with Gasteiger partial charge in [-0.25, -0.2) is 0 Å². The zero-order valence-electron chi connectivity index (χ0n) is 13.4. The van der Waals surface area contributed by atoms with Crippen LogP contribution in [0, 0.1) is 11.8 Å². The molecule has 0 bridgehead atoms. The predicted molar refractivity (Wildman–Crippen MR) is 85.8 cm³/mol. The van der Waals surface area contributed by atoms with E-state index in [0.717, 1.165) is 17.9 Å². The Kier molecular flexibility index (Phi) is 7.35. The largest absolute Gasteiger partial charge is 0.349 e. The zero-order chi connectivity index (χ0) is 15.0. The number of carbonyl (C=O) groups is 1. The van der Waals surface area contributed by atoms with Gasteiger partial charge in [0.25, 0.3) is 5.91 Å². The van der Waals surface area contributed by atoms with Gasteiger partial charge in [0.2, 0.25) is 0 Å². The zero-order valence-corrected chi connectivity index (χ0v) is 13.4. The van der Waals surface area contributed by atoms with Gasteiger partial charge in [-0.2, -0.15) is 0 Å². The van der Waals surface area contributed by atoms with E-state index in [1.54, 1.807) is 0 Å². The van der Waals surface area contributed by atoms with Crippen molar-refractivity contribution >= 4 is 5.91 Å². The van der Waals surface area contributed by atoms with Crippen molar-refractivity contribution in [3.8, 4) is 0 Å². The van der Waals surface area contributed by atoms with Gasteiger partial charge in [-0.1, -0.05) is 65.2 Å². The minimum atomic E-state index is 0.0492. The first kappa shape index (κ1) is 16.7. The first-order chi connectivity index (χ1) is 9.50. The lowest BCUT2D eigenvalue weighted by atomic mass is 9.96. The number of rotatable bonds is 8. The van der Waals surface area contributed by atoms with E-state index in [1.165, 1.54) is 19.3 Å². The van der Waals surface area contributed by atoms with Crippen LogP contribution in [0.15, 0.2) is 30.3 Å². The maximum Gasteiger partial charge on any atom is 0.251 e. The van der Waals surface area contributed by atoms with Crippen LogP contribution in [0.25, 0.3) is 0 Å². The molecule has 0 saturated heterocycles. The molecule has 0 aromatic heterocycles. The van der Waals surface area contributed by atoms with Crippen LogP contribution in [0.3, 0.4) is 0 Å². The van der Waals surface area contributed by atoms with Crippen molar-refractivity contribution in [2.45, 2.75) is 59.4 Å². The highest BCUT2D eigenvalue weighted by Crippen LogP contribution is 2.14. The van der Waals surface area contributed by atoms with Crippen molar-refractivity contribution < 1.29 is 4.79 Å². The van der Waals surface area contributed by atoms with E-state index < -0.39 is 0 Å². The molecule has 1 rings (SSSR count). The first-order valence-corrected chi connectivity index (χ1v) is 7.86. The molecule has 2 heteroatoms. The number of nitrogens with one attached hydrogen (secondary N) is 1. The molecule has 1 aromatic rings. The summed E-state index contributed by atoms with van der Waals surface area (Å²) in [6.45, 7) is 8.88.